The van der Waals surface area contributed by atoms with Gasteiger partial charge < -0.3 is 28.9 Å². The third kappa shape index (κ3) is 4.74. The van der Waals surface area contributed by atoms with Crippen LogP contribution in [0.2, 0.25) is 0 Å². The van der Waals surface area contributed by atoms with Gasteiger partial charge in [-0.1, -0.05) is 36.4 Å². The van der Waals surface area contributed by atoms with E-state index in [0.29, 0.717) is 73.6 Å². The molecule has 3 aliphatic rings. The maximum Gasteiger partial charge on any atom is 0.259 e. The summed E-state index contributed by atoms with van der Waals surface area (Å²) in [5, 5.41) is 0.114. The van der Waals surface area contributed by atoms with E-state index >= 15 is 4.39 Å². The van der Waals surface area contributed by atoms with Gasteiger partial charge >= 0.3 is 0 Å². The highest BCUT2D eigenvalue weighted by Gasteiger charge is 2.33. The molecule has 0 radical (unpaired) electrons. The molecule has 0 bridgehead atoms. The first-order chi connectivity index (χ1) is 22.5. The Morgan fingerprint density at radius 2 is 1.54 bits per heavy atom. The fourth-order valence-corrected chi connectivity index (χ4v) is 6.63. The van der Waals surface area contributed by atoms with Crippen LogP contribution < -0.4 is 20.0 Å². The summed E-state index contributed by atoms with van der Waals surface area (Å²) in [7, 11) is 2.04. The smallest absolute Gasteiger partial charge is 0.259 e. The Morgan fingerprint density at radius 3 is 2.28 bits per heavy atom. The maximum atomic E-state index is 16.1. The van der Waals surface area contributed by atoms with Crippen LogP contribution >= 0.6 is 0 Å². The first-order valence-electron chi connectivity index (χ1n) is 15.5. The zero-order valence-corrected chi connectivity index (χ0v) is 25.4. The van der Waals surface area contributed by atoms with Gasteiger partial charge in [0.1, 0.15) is 16.8 Å². The minimum absolute atomic E-state index is 0.00688. The molecule has 0 N–H and O–H groups in total. The lowest BCUT2D eigenvalue weighted by molar-refractivity contribution is 0.0744. The van der Waals surface area contributed by atoms with Crippen molar-refractivity contribution in [3.05, 3.63) is 101 Å². The second kappa shape index (κ2) is 11.3. The standard InChI is InChI=1S/C35H32FN7O3/c1-39-12-14-40(15-13-39)31-27(36)21-25-30-33(31)46-29-9-8-24(23-6-3-2-4-7-23)20-28(29)43(30)22-26(32(25)44)34(45)41-16-18-42(19-17-41)35-37-10-5-11-38-35/h2-11,20-22H,12-19H2,1H3. The molecule has 2 saturated heterocycles. The normalized spacial score (nSPS) is 16.3. The van der Waals surface area contributed by atoms with E-state index in [-0.39, 0.29) is 16.9 Å². The lowest BCUT2D eigenvalue weighted by atomic mass is 10.0. The van der Waals surface area contributed by atoms with E-state index in [9.17, 15) is 9.59 Å². The Morgan fingerprint density at radius 1 is 0.826 bits per heavy atom. The first-order valence-corrected chi connectivity index (χ1v) is 15.5. The number of likely N-dealkylation sites (N-methyl/N-ethyl adjacent to an activating group) is 1. The molecule has 0 spiro atoms. The molecule has 46 heavy (non-hydrogen) atoms. The van der Waals surface area contributed by atoms with Gasteiger partial charge in [-0.25, -0.2) is 14.4 Å². The highest BCUT2D eigenvalue weighted by atomic mass is 19.1. The number of hydrogen-bond donors (Lipinski definition) is 0. The number of nitrogens with zero attached hydrogens (tertiary/aromatic N) is 7. The van der Waals surface area contributed by atoms with Crippen molar-refractivity contribution in [2.75, 3.05) is 69.2 Å². The number of anilines is 2. The van der Waals surface area contributed by atoms with E-state index < -0.39 is 11.2 Å². The van der Waals surface area contributed by atoms with Crippen LogP contribution in [0.3, 0.4) is 0 Å². The number of pyridine rings is 1. The lowest BCUT2D eigenvalue weighted by Crippen LogP contribution is -2.50. The number of hydrogen-bond acceptors (Lipinski definition) is 8. The fourth-order valence-electron chi connectivity index (χ4n) is 6.63. The third-order valence-corrected chi connectivity index (χ3v) is 9.16. The number of rotatable bonds is 4. The summed E-state index contributed by atoms with van der Waals surface area (Å²) < 4.78 is 24.5. The number of aromatic nitrogens is 3. The van der Waals surface area contributed by atoms with Crippen molar-refractivity contribution in [3.8, 4) is 28.3 Å². The third-order valence-electron chi connectivity index (χ3n) is 9.16. The van der Waals surface area contributed by atoms with Crippen LogP contribution in [0.1, 0.15) is 10.4 Å². The second-order valence-corrected chi connectivity index (χ2v) is 11.9. The molecule has 0 aliphatic carbocycles. The van der Waals surface area contributed by atoms with Crippen molar-refractivity contribution < 1.29 is 13.9 Å². The molecule has 11 heteroatoms. The summed E-state index contributed by atoms with van der Waals surface area (Å²) in [5.41, 5.74) is 2.92. The van der Waals surface area contributed by atoms with Crippen molar-refractivity contribution in [3.63, 3.8) is 0 Å². The SMILES string of the molecule is CN1CCN(c2c(F)cc3c(=O)c(C(=O)N4CCN(c5ncccn5)CC4)cn4c3c2Oc2ccc(-c3ccccc3)cc2-4)CC1. The van der Waals surface area contributed by atoms with Crippen molar-refractivity contribution >= 4 is 28.4 Å². The summed E-state index contributed by atoms with van der Waals surface area (Å²) in [4.78, 5) is 44.6. The van der Waals surface area contributed by atoms with E-state index in [1.54, 1.807) is 29.6 Å². The molecule has 2 aromatic heterocycles. The van der Waals surface area contributed by atoms with Gasteiger partial charge in [0.25, 0.3) is 5.91 Å². The van der Waals surface area contributed by atoms with E-state index in [1.165, 1.54) is 6.07 Å². The molecule has 0 saturated carbocycles. The largest absolute Gasteiger partial charge is 0.451 e. The number of carbonyl (C=O) groups excluding carboxylic acids is 1. The summed E-state index contributed by atoms with van der Waals surface area (Å²) >= 11 is 0. The molecule has 5 heterocycles. The van der Waals surface area contributed by atoms with Gasteiger partial charge in [0.15, 0.2) is 17.3 Å². The van der Waals surface area contributed by atoms with Crippen LogP contribution in [-0.4, -0.2) is 89.6 Å². The summed E-state index contributed by atoms with van der Waals surface area (Å²) in [6.07, 6.45) is 4.99. The van der Waals surface area contributed by atoms with Gasteiger partial charge in [0.05, 0.1) is 11.1 Å². The quantitative estimate of drug-likeness (QED) is 0.288. The summed E-state index contributed by atoms with van der Waals surface area (Å²) in [6.45, 7) is 4.65. The average Bonchev–Trinajstić information content (AvgIpc) is 3.10. The van der Waals surface area contributed by atoms with E-state index in [1.807, 2.05) is 69.9 Å². The molecular formula is C35H32FN7O3. The fraction of sp³-hybridized carbons (Fsp3) is 0.257. The number of piperazine rings is 2. The molecule has 3 aliphatic heterocycles. The second-order valence-electron chi connectivity index (χ2n) is 11.9. The topological polar surface area (TPSA) is 87.0 Å². The summed E-state index contributed by atoms with van der Waals surface area (Å²) in [6, 6.07) is 18.8. The van der Waals surface area contributed by atoms with Crippen LogP contribution in [0.25, 0.3) is 27.7 Å². The first kappa shape index (κ1) is 28.2. The average molecular weight is 618 g/mol. The molecule has 232 valence electrons. The number of ether oxygens (including phenoxy) is 1. The Balaban J connectivity index is 1.25. The Kier molecular flexibility index (Phi) is 6.90. The molecule has 0 atom stereocenters. The van der Waals surface area contributed by atoms with Gasteiger partial charge in [-0.05, 0) is 42.4 Å². The number of amides is 1. The van der Waals surface area contributed by atoms with Gasteiger partial charge in [-0.3, -0.25) is 9.59 Å². The highest BCUT2D eigenvalue weighted by Crippen LogP contribution is 2.47. The van der Waals surface area contributed by atoms with Crippen LogP contribution in [0.4, 0.5) is 16.0 Å². The molecule has 3 aromatic carbocycles. The predicted molar refractivity (Wildman–Crippen MR) is 175 cm³/mol. The molecule has 2 fully saturated rings. The molecule has 8 rings (SSSR count). The summed E-state index contributed by atoms with van der Waals surface area (Å²) in [5.74, 6) is 0.498. The Bertz CT molecular complexity index is 2020. The van der Waals surface area contributed by atoms with Crippen molar-refractivity contribution in [1.29, 1.82) is 0 Å². The number of benzene rings is 3. The Labute approximate surface area is 264 Å². The van der Waals surface area contributed by atoms with E-state index in [2.05, 4.69) is 14.9 Å². The molecule has 1 amide bonds. The van der Waals surface area contributed by atoms with Crippen LogP contribution in [-0.2, 0) is 0 Å². The molecule has 10 nitrogen and oxygen atoms in total. The number of fused-ring (bicyclic) bond motifs is 2. The Hall–Kier alpha value is -5.29. The van der Waals surface area contributed by atoms with Crippen LogP contribution in [0.15, 0.2) is 84.0 Å². The monoisotopic (exact) mass is 617 g/mol. The number of halogens is 1. The minimum atomic E-state index is -0.541. The number of carbonyl (C=O) groups is 1. The maximum absolute atomic E-state index is 16.1. The lowest BCUT2D eigenvalue weighted by Gasteiger charge is -2.36. The molecule has 0 unspecified atom stereocenters. The van der Waals surface area contributed by atoms with Gasteiger partial charge in [-0.15, -0.1) is 0 Å². The van der Waals surface area contributed by atoms with Crippen molar-refractivity contribution in [2.45, 2.75) is 0 Å². The van der Waals surface area contributed by atoms with Crippen LogP contribution in [0.5, 0.6) is 11.5 Å². The van der Waals surface area contributed by atoms with Crippen molar-refractivity contribution in [2.24, 2.45) is 0 Å². The van der Waals surface area contributed by atoms with Crippen molar-refractivity contribution in [1.82, 2.24) is 24.3 Å². The predicted octanol–water partition coefficient (Wildman–Crippen LogP) is 4.41. The minimum Gasteiger partial charge on any atom is -0.451 e. The molecular weight excluding hydrogens is 585 g/mol. The highest BCUT2D eigenvalue weighted by molar-refractivity contribution is 6.01. The van der Waals surface area contributed by atoms with Crippen LogP contribution in [0, 0.1) is 5.82 Å². The van der Waals surface area contributed by atoms with E-state index in [4.69, 9.17) is 4.74 Å². The molecule has 5 aromatic rings. The van der Waals surface area contributed by atoms with Gasteiger partial charge in [0.2, 0.25) is 11.4 Å². The zero-order chi connectivity index (χ0) is 31.4. The van der Waals surface area contributed by atoms with Gasteiger partial charge in [-0.2, -0.15) is 0 Å². The zero-order valence-electron chi connectivity index (χ0n) is 25.4. The van der Waals surface area contributed by atoms with E-state index in [0.717, 1.165) is 24.2 Å². The van der Waals surface area contributed by atoms with Gasteiger partial charge in [0, 0.05) is 70.9 Å².